The van der Waals surface area contributed by atoms with E-state index in [1.807, 2.05) is 0 Å². The number of hydrogen-bond donors (Lipinski definition) is 0. The van der Waals surface area contributed by atoms with Gasteiger partial charge in [-0.25, -0.2) is 0 Å². The molecule has 0 radical (unpaired) electrons. The Balaban J connectivity index is 2.44. The monoisotopic (exact) mass is 282 g/mol. The number of rotatable bonds is 2. The zero-order valence-electron chi connectivity index (χ0n) is 8.06. The Bertz CT molecular complexity index is 643. The fraction of sp³-hybridized carbons (Fsp3) is 0.111. The first-order valence-electron chi connectivity index (χ1n) is 4.28. The van der Waals surface area contributed by atoms with Crippen molar-refractivity contribution in [1.82, 2.24) is 0 Å². The van der Waals surface area contributed by atoms with Gasteiger partial charge in [-0.3, -0.25) is 0 Å². The molecule has 1 aromatic heterocycles. The second-order valence-electron chi connectivity index (χ2n) is 3.08. The SMILES string of the molecule is O=S(=O)(Oc1csc2ccccc12)C(F)(F)F. The molecule has 0 aliphatic rings. The molecule has 1 heterocycles. The molecule has 0 unspecified atom stereocenters. The van der Waals surface area contributed by atoms with Gasteiger partial charge in [0.1, 0.15) is 0 Å². The van der Waals surface area contributed by atoms with Crippen molar-refractivity contribution >= 4 is 31.5 Å². The summed E-state index contributed by atoms with van der Waals surface area (Å²) in [5, 5.41) is 1.57. The highest BCUT2D eigenvalue weighted by atomic mass is 32.2. The topological polar surface area (TPSA) is 43.4 Å². The van der Waals surface area contributed by atoms with Crippen LogP contribution in [0.5, 0.6) is 5.75 Å². The molecular weight excluding hydrogens is 277 g/mol. The number of fused-ring (bicyclic) bond motifs is 1. The van der Waals surface area contributed by atoms with Crippen LogP contribution < -0.4 is 4.18 Å². The average Bonchev–Trinajstić information content (AvgIpc) is 2.60. The fourth-order valence-electron chi connectivity index (χ4n) is 1.18. The smallest absolute Gasteiger partial charge is 0.374 e. The van der Waals surface area contributed by atoms with E-state index in [4.69, 9.17) is 0 Å². The number of hydrogen-bond acceptors (Lipinski definition) is 4. The minimum Gasteiger partial charge on any atom is -0.374 e. The predicted molar refractivity (Wildman–Crippen MR) is 57.4 cm³/mol. The molecule has 0 amide bonds. The van der Waals surface area contributed by atoms with E-state index < -0.39 is 15.6 Å². The van der Waals surface area contributed by atoms with Gasteiger partial charge in [0, 0.05) is 15.5 Å². The zero-order chi connectivity index (χ0) is 12.7. The van der Waals surface area contributed by atoms with Gasteiger partial charge in [0.05, 0.1) is 0 Å². The number of benzene rings is 1. The van der Waals surface area contributed by atoms with E-state index in [0.717, 1.165) is 11.3 Å². The summed E-state index contributed by atoms with van der Waals surface area (Å²) in [5.41, 5.74) is -5.42. The Labute approximate surface area is 98.6 Å². The van der Waals surface area contributed by atoms with Crippen LogP contribution >= 0.6 is 11.3 Å². The number of alkyl halides is 3. The Morgan fingerprint density at radius 2 is 1.82 bits per heavy atom. The molecule has 0 N–H and O–H groups in total. The maximum absolute atomic E-state index is 12.1. The summed E-state index contributed by atoms with van der Waals surface area (Å²) in [6.07, 6.45) is 0. The molecule has 0 saturated carbocycles. The number of halogens is 3. The standard InChI is InChI=1S/C9H5F3O3S2/c10-9(11,12)17(13,14)15-7-5-16-8-4-2-1-3-6(7)8/h1-5H. The van der Waals surface area contributed by atoms with E-state index in [2.05, 4.69) is 4.18 Å². The highest BCUT2D eigenvalue weighted by Gasteiger charge is 2.48. The lowest BCUT2D eigenvalue weighted by atomic mass is 10.2. The van der Waals surface area contributed by atoms with Crippen LogP contribution in [-0.2, 0) is 10.1 Å². The van der Waals surface area contributed by atoms with Crippen LogP contribution in [0.3, 0.4) is 0 Å². The molecule has 92 valence electrons. The van der Waals surface area contributed by atoms with Gasteiger partial charge in [0.25, 0.3) is 0 Å². The van der Waals surface area contributed by atoms with Gasteiger partial charge in [0.2, 0.25) is 0 Å². The molecular formula is C9H5F3O3S2. The molecule has 2 rings (SSSR count). The lowest BCUT2D eigenvalue weighted by molar-refractivity contribution is -0.0499. The molecule has 17 heavy (non-hydrogen) atoms. The first-order chi connectivity index (χ1) is 7.81. The van der Waals surface area contributed by atoms with E-state index in [-0.39, 0.29) is 5.75 Å². The fourth-order valence-corrected chi connectivity index (χ4v) is 2.57. The van der Waals surface area contributed by atoms with E-state index in [0.29, 0.717) is 10.1 Å². The van der Waals surface area contributed by atoms with Gasteiger partial charge in [-0.05, 0) is 12.1 Å². The van der Waals surface area contributed by atoms with Crippen molar-refractivity contribution in [3.63, 3.8) is 0 Å². The summed E-state index contributed by atoms with van der Waals surface area (Å²) in [4.78, 5) is 0. The minimum absolute atomic E-state index is 0.303. The summed E-state index contributed by atoms with van der Waals surface area (Å²) >= 11 is 1.11. The molecule has 0 aliphatic heterocycles. The molecule has 1 aromatic carbocycles. The molecule has 3 nitrogen and oxygen atoms in total. The zero-order valence-corrected chi connectivity index (χ0v) is 9.69. The van der Waals surface area contributed by atoms with Crippen molar-refractivity contribution in [3.05, 3.63) is 29.6 Å². The molecule has 0 bridgehead atoms. The summed E-state index contributed by atoms with van der Waals surface area (Å²) < 4.78 is 62.7. The molecule has 0 atom stereocenters. The average molecular weight is 282 g/mol. The first-order valence-corrected chi connectivity index (χ1v) is 6.57. The Morgan fingerprint density at radius 1 is 1.18 bits per heavy atom. The van der Waals surface area contributed by atoms with Crippen LogP contribution in [0, 0.1) is 0 Å². The third-order valence-corrected chi connectivity index (χ3v) is 3.84. The maximum Gasteiger partial charge on any atom is 0.534 e. The summed E-state index contributed by atoms with van der Waals surface area (Å²) in [5.74, 6) is -0.303. The molecule has 2 aromatic rings. The van der Waals surface area contributed by atoms with Crippen molar-refractivity contribution in [3.8, 4) is 5.75 Å². The minimum atomic E-state index is -5.61. The van der Waals surface area contributed by atoms with Crippen LogP contribution in [0.1, 0.15) is 0 Å². The van der Waals surface area contributed by atoms with Gasteiger partial charge in [-0.15, -0.1) is 11.3 Å². The number of thiophene rings is 1. The van der Waals surface area contributed by atoms with Crippen molar-refractivity contribution in [1.29, 1.82) is 0 Å². The van der Waals surface area contributed by atoms with Crippen molar-refractivity contribution in [2.24, 2.45) is 0 Å². The second-order valence-corrected chi connectivity index (χ2v) is 5.53. The highest BCUT2D eigenvalue weighted by Crippen LogP contribution is 2.35. The normalized spacial score (nSPS) is 12.9. The van der Waals surface area contributed by atoms with E-state index in [1.165, 1.54) is 11.4 Å². The van der Waals surface area contributed by atoms with E-state index in [9.17, 15) is 21.6 Å². The predicted octanol–water partition coefficient (Wildman–Crippen LogP) is 3.13. The van der Waals surface area contributed by atoms with Gasteiger partial charge in [0.15, 0.2) is 5.75 Å². The van der Waals surface area contributed by atoms with Gasteiger partial charge in [-0.1, -0.05) is 12.1 Å². The third-order valence-electron chi connectivity index (χ3n) is 1.93. The molecule has 0 aliphatic carbocycles. The maximum atomic E-state index is 12.1. The quantitative estimate of drug-likeness (QED) is 0.628. The van der Waals surface area contributed by atoms with E-state index >= 15 is 0 Å². The van der Waals surface area contributed by atoms with Gasteiger partial charge < -0.3 is 4.18 Å². The summed E-state index contributed by atoms with van der Waals surface area (Å²) in [6, 6.07) is 6.43. The lowest BCUT2D eigenvalue weighted by Gasteiger charge is -2.08. The Kier molecular flexibility index (Phi) is 2.78. The van der Waals surface area contributed by atoms with Gasteiger partial charge in [-0.2, -0.15) is 21.6 Å². The summed E-state index contributed by atoms with van der Waals surface area (Å²) in [6.45, 7) is 0. The molecule has 8 heteroatoms. The lowest BCUT2D eigenvalue weighted by Crippen LogP contribution is -2.27. The largest absolute Gasteiger partial charge is 0.534 e. The van der Waals surface area contributed by atoms with Gasteiger partial charge >= 0.3 is 15.6 Å². The summed E-state index contributed by atoms with van der Waals surface area (Å²) in [7, 11) is -5.61. The van der Waals surface area contributed by atoms with Crippen LogP contribution in [0.4, 0.5) is 13.2 Å². The Hall–Kier alpha value is -1.28. The van der Waals surface area contributed by atoms with Crippen molar-refractivity contribution < 1.29 is 25.8 Å². The molecule has 0 fully saturated rings. The van der Waals surface area contributed by atoms with Crippen LogP contribution in [0.15, 0.2) is 29.6 Å². The van der Waals surface area contributed by atoms with Crippen LogP contribution in [0.2, 0.25) is 0 Å². The molecule has 0 spiro atoms. The van der Waals surface area contributed by atoms with Crippen LogP contribution in [-0.4, -0.2) is 13.9 Å². The first kappa shape index (κ1) is 12.2. The highest BCUT2D eigenvalue weighted by molar-refractivity contribution is 7.88. The van der Waals surface area contributed by atoms with Crippen molar-refractivity contribution in [2.45, 2.75) is 5.51 Å². The van der Waals surface area contributed by atoms with Crippen LogP contribution in [0.25, 0.3) is 10.1 Å². The van der Waals surface area contributed by atoms with Crippen molar-refractivity contribution in [2.75, 3.05) is 0 Å². The third kappa shape index (κ3) is 2.22. The Morgan fingerprint density at radius 3 is 2.47 bits per heavy atom. The second kappa shape index (κ2) is 3.88. The van der Waals surface area contributed by atoms with E-state index in [1.54, 1.807) is 18.2 Å². The molecule has 0 saturated heterocycles.